The highest BCUT2D eigenvalue weighted by Gasteiger charge is 2.26. The van der Waals surface area contributed by atoms with E-state index >= 15 is 0 Å². The van der Waals surface area contributed by atoms with Gasteiger partial charge in [0.15, 0.2) is 0 Å². The van der Waals surface area contributed by atoms with Gasteiger partial charge in [0.25, 0.3) is 11.8 Å². The van der Waals surface area contributed by atoms with E-state index in [1.807, 2.05) is 45.0 Å². The molecule has 4 N–H and O–H groups in total. The average Bonchev–Trinajstić information content (AvgIpc) is 2.89. The van der Waals surface area contributed by atoms with Crippen LogP contribution in [0.3, 0.4) is 0 Å². The van der Waals surface area contributed by atoms with Crippen molar-refractivity contribution in [1.82, 2.24) is 10.4 Å². The Balaban J connectivity index is 1.87. The maximum absolute atomic E-state index is 12.9. The molecule has 0 saturated carbocycles. The van der Waals surface area contributed by atoms with Gasteiger partial charge in [-0.3, -0.25) is 24.3 Å². The number of nitrogens with zero attached hydrogens (tertiary/aromatic N) is 2. The predicted octanol–water partition coefficient (Wildman–Crippen LogP) is 2.38. The van der Waals surface area contributed by atoms with Crippen molar-refractivity contribution in [3.8, 4) is 0 Å². The summed E-state index contributed by atoms with van der Waals surface area (Å²) in [6.07, 6.45) is -2.82. The van der Waals surface area contributed by atoms with Gasteiger partial charge in [0, 0.05) is 31.3 Å². The highest BCUT2D eigenvalue weighted by Crippen LogP contribution is 2.16. The molecule has 2 aromatic carbocycles. The molecule has 10 heteroatoms. The Bertz CT molecular complexity index is 1040. The molecular weight excluding hydrogens is 490 g/mol. The Hall–Kier alpha value is -3.02. The van der Waals surface area contributed by atoms with E-state index < -0.39 is 30.8 Å². The topological polar surface area (TPSA) is 132 Å². The molecule has 0 unspecified atom stereocenters. The van der Waals surface area contributed by atoms with Crippen molar-refractivity contribution in [2.45, 2.75) is 58.8 Å². The van der Waals surface area contributed by atoms with E-state index in [9.17, 15) is 24.9 Å². The van der Waals surface area contributed by atoms with E-state index in [0.717, 1.165) is 29.7 Å². The van der Waals surface area contributed by atoms with E-state index in [1.54, 1.807) is 31.0 Å². The lowest BCUT2D eigenvalue weighted by molar-refractivity contribution is -0.116. The van der Waals surface area contributed by atoms with Crippen LogP contribution in [0.5, 0.6) is 0 Å². The zero-order valence-electron chi connectivity index (χ0n) is 22.9. The number of aryl methyl sites for hydroxylation is 2. The lowest BCUT2D eigenvalue weighted by atomic mass is 10.0. The fraction of sp³-hybridized carbons (Fsp3) is 0.500. The van der Waals surface area contributed by atoms with Crippen LogP contribution in [0.15, 0.2) is 42.5 Å². The molecule has 2 amide bonds. The lowest BCUT2D eigenvalue weighted by Gasteiger charge is -2.25. The second-order valence-electron chi connectivity index (χ2n) is 9.38. The van der Waals surface area contributed by atoms with Crippen LogP contribution in [0.2, 0.25) is 0 Å². The summed E-state index contributed by atoms with van der Waals surface area (Å²) in [5, 5.41) is 32.1. The predicted molar refractivity (Wildman–Crippen MR) is 145 cm³/mol. The number of nitrogens with one attached hydrogen (secondary N) is 1. The zero-order chi connectivity index (χ0) is 28.2. The second kappa shape index (κ2) is 15.4. The van der Waals surface area contributed by atoms with Gasteiger partial charge in [0.2, 0.25) is 0 Å². The van der Waals surface area contributed by atoms with E-state index in [-0.39, 0.29) is 18.1 Å². The SMILES string of the molecule is CCCN(CCC)C(=O)c1cc(C)cc(C(=O)NOC[C@H](O)[C@H](O)[C@H](O)CON(C)c2cccc(C)c2)c1. The van der Waals surface area contributed by atoms with E-state index in [2.05, 4.69) is 5.48 Å². The molecule has 0 aromatic heterocycles. The van der Waals surface area contributed by atoms with Gasteiger partial charge in [-0.05, 0) is 68.1 Å². The average molecular weight is 532 g/mol. The van der Waals surface area contributed by atoms with Crippen molar-refractivity contribution in [3.63, 3.8) is 0 Å². The molecule has 0 radical (unpaired) electrons. The smallest absolute Gasteiger partial charge is 0.274 e. The molecule has 10 nitrogen and oxygen atoms in total. The fourth-order valence-electron chi connectivity index (χ4n) is 3.87. The van der Waals surface area contributed by atoms with Crippen LogP contribution in [0, 0.1) is 13.8 Å². The van der Waals surface area contributed by atoms with Gasteiger partial charge < -0.3 is 20.2 Å². The molecule has 210 valence electrons. The number of aliphatic hydroxyl groups excluding tert-OH is 3. The first kappa shape index (κ1) is 31.2. The summed E-state index contributed by atoms with van der Waals surface area (Å²) in [7, 11) is 1.67. The van der Waals surface area contributed by atoms with Crippen molar-refractivity contribution in [3.05, 3.63) is 64.7 Å². The minimum absolute atomic E-state index is 0.143. The van der Waals surface area contributed by atoms with Gasteiger partial charge in [-0.25, -0.2) is 5.48 Å². The monoisotopic (exact) mass is 531 g/mol. The fourth-order valence-corrected chi connectivity index (χ4v) is 3.87. The number of rotatable bonds is 15. The van der Waals surface area contributed by atoms with E-state index in [4.69, 9.17) is 9.68 Å². The van der Waals surface area contributed by atoms with Crippen molar-refractivity contribution >= 4 is 17.5 Å². The standard InChI is InChI=1S/C28H41N3O7/c1-6-11-31(12-7-2)28(36)22-14-20(4)13-21(16-22)27(35)29-37-17-24(32)26(34)25(33)18-38-30(5)23-10-8-9-19(3)15-23/h8-10,13-16,24-26,32-34H,6-7,11-12,17-18H2,1-5H3,(H,29,35)/t24-,25+,26-/m0/s1. The number of aliphatic hydroxyl groups is 3. The molecule has 2 rings (SSSR count). The number of amides is 2. The normalized spacial score (nSPS) is 13.5. The number of hydrogen-bond donors (Lipinski definition) is 4. The Morgan fingerprint density at radius 1 is 0.895 bits per heavy atom. The van der Waals surface area contributed by atoms with Crippen LogP contribution in [0.4, 0.5) is 5.69 Å². The van der Waals surface area contributed by atoms with Crippen LogP contribution < -0.4 is 10.5 Å². The Kier molecular flexibility index (Phi) is 12.6. The summed E-state index contributed by atoms with van der Waals surface area (Å²) in [5.74, 6) is -0.749. The van der Waals surface area contributed by atoms with Gasteiger partial charge >= 0.3 is 0 Å². The molecule has 0 aliphatic carbocycles. The Morgan fingerprint density at radius 3 is 2.16 bits per heavy atom. The number of benzene rings is 2. The largest absolute Gasteiger partial charge is 0.388 e. The number of hydroxylamine groups is 2. The molecule has 0 saturated heterocycles. The maximum Gasteiger partial charge on any atom is 0.274 e. The van der Waals surface area contributed by atoms with Gasteiger partial charge in [0.05, 0.1) is 5.69 Å². The minimum Gasteiger partial charge on any atom is -0.388 e. The summed E-state index contributed by atoms with van der Waals surface area (Å²) in [5.41, 5.74) is 5.40. The number of hydrogen-bond acceptors (Lipinski definition) is 8. The molecule has 0 bridgehead atoms. The molecule has 0 aliphatic heterocycles. The molecule has 0 heterocycles. The molecule has 3 atom stereocenters. The highest BCUT2D eigenvalue weighted by atomic mass is 16.7. The molecule has 0 aliphatic rings. The van der Waals surface area contributed by atoms with Crippen molar-refractivity contribution < 1.29 is 34.6 Å². The highest BCUT2D eigenvalue weighted by molar-refractivity contribution is 5.99. The number of anilines is 1. The van der Waals surface area contributed by atoms with Crippen molar-refractivity contribution in [1.29, 1.82) is 0 Å². The van der Waals surface area contributed by atoms with Crippen LogP contribution in [-0.2, 0) is 9.68 Å². The third kappa shape index (κ3) is 9.38. The summed E-state index contributed by atoms with van der Waals surface area (Å²) >= 11 is 0. The van der Waals surface area contributed by atoms with Crippen LogP contribution >= 0.6 is 0 Å². The summed E-state index contributed by atoms with van der Waals surface area (Å²) in [6.45, 7) is 8.25. The summed E-state index contributed by atoms with van der Waals surface area (Å²) in [4.78, 5) is 37.9. The maximum atomic E-state index is 12.9. The first-order chi connectivity index (χ1) is 18.1. The molecule has 0 spiro atoms. The lowest BCUT2D eigenvalue weighted by Crippen LogP contribution is -2.44. The Labute approximate surface area is 224 Å². The molecule has 38 heavy (non-hydrogen) atoms. The molecular formula is C28H41N3O7. The zero-order valence-corrected chi connectivity index (χ0v) is 22.9. The quantitative estimate of drug-likeness (QED) is 0.258. The Morgan fingerprint density at radius 2 is 1.53 bits per heavy atom. The van der Waals surface area contributed by atoms with Gasteiger partial charge in [0.1, 0.15) is 31.5 Å². The van der Waals surface area contributed by atoms with Crippen LogP contribution in [-0.4, -0.2) is 83.7 Å². The van der Waals surface area contributed by atoms with E-state index in [0.29, 0.717) is 18.7 Å². The van der Waals surface area contributed by atoms with Crippen molar-refractivity contribution in [2.75, 3.05) is 38.4 Å². The van der Waals surface area contributed by atoms with Gasteiger partial charge in [-0.2, -0.15) is 0 Å². The van der Waals surface area contributed by atoms with Crippen LogP contribution in [0.25, 0.3) is 0 Å². The summed E-state index contributed by atoms with van der Waals surface area (Å²) < 4.78 is 0. The van der Waals surface area contributed by atoms with Gasteiger partial charge in [-0.1, -0.05) is 26.0 Å². The van der Waals surface area contributed by atoms with Crippen molar-refractivity contribution in [2.24, 2.45) is 0 Å². The summed E-state index contributed by atoms with van der Waals surface area (Å²) in [6, 6.07) is 12.4. The first-order valence-corrected chi connectivity index (χ1v) is 12.9. The van der Waals surface area contributed by atoms with E-state index in [1.165, 1.54) is 11.1 Å². The second-order valence-corrected chi connectivity index (χ2v) is 9.38. The van der Waals surface area contributed by atoms with Gasteiger partial charge in [-0.15, -0.1) is 0 Å². The third-order valence-corrected chi connectivity index (χ3v) is 5.87. The number of carbonyl (C=O) groups excluding carboxylic acids is 2. The minimum atomic E-state index is -1.58. The molecule has 0 fully saturated rings. The molecule has 2 aromatic rings. The third-order valence-electron chi connectivity index (χ3n) is 5.87. The first-order valence-electron chi connectivity index (χ1n) is 12.9. The number of carbonyl (C=O) groups is 2. The van der Waals surface area contributed by atoms with Crippen LogP contribution in [0.1, 0.15) is 58.5 Å².